The highest BCUT2D eigenvalue weighted by atomic mass is 16.2. The van der Waals surface area contributed by atoms with Crippen molar-refractivity contribution >= 4 is 11.6 Å². The molecule has 2 heteroatoms. The highest BCUT2D eigenvalue weighted by Crippen LogP contribution is 2.34. The Bertz CT molecular complexity index is 1100. The van der Waals surface area contributed by atoms with E-state index in [1.54, 1.807) is 0 Å². The second-order valence-corrected chi connectivity index (χ2v) is 9.22. The molecule has 2 nitrogen and oxygen atoms in total. The van der Waals surface area contributed by atoms with E-state index in [9.17, 15) is 9.59 Å². The Morgan fingerprint density at radius 2 is 0.714 bits per heavy atom. The zero-order valence-electron chi connectivity index (χ0n) is 20.1. The van der Waals surface area contributed by atoms with Crippen LogP contribution < -0.4 is 0 Å². The minimum Gasteiger partial charge on any atom is -0.299 e. The maximum Gasteiger partial charge on any atom is 0.147 e. The van der Waals surface area contributed by atoms with Crippen LogP contribution in [0.25, 0.3) is 0 Å². The number of rotatable bonds is 12. The van der Waals surface area contributed by atoms with Gasteiger partial charge in [-0.3, -0.25) is 9.59 Å². The van der Waals surface area contributed by atoms with Crippen molar-refractivity contribution in [1.29, 1.82) is 0 Å². The molecule has 0 radical (unpaired) electrons. The summed E-state index contributed by atoms with van der Waals surface area (Å²) in [4.78, 5) is 28.2. The number of hydrogen-bond acceptors (Lipinski definition) is 2. The van der Waals surface area contributed by atoms with Crippen LogP contribution in [-0.2, 0) is 35.3 Å². The zero-order valence-corrected chi connectivity index (χ0v) is 20.1. The molecule has 4 aromatic rings. The third kappa shape index (κ3) is 6.64. The maximum atomic E-state index is 14.1. The number of hydrogen-bond donors (Lipinski definition) is 0. The van der Waals surface area contributed by atoms with Gasteiger partial charge in [-0.05, 0) is 47.9 Å². The maximum absolute atomic E-state index is 14.1. The van der Waals surface area contributed by atoms with Gasteiger partial charge in [0, 0.05) is 12.8 Å². The molecule has 0 aliphatic carbocycles. The molecule has 176 valence electrons. The second kappa shape index (κ2) is 12.1. The normalized spacial score (nSPS) is 11.2. The lowest BCUT2D eigenvalue weighted by molar-refractivity contribution is -0.141. The molecule has 0 saturated heterocycles. The van der Waals surface area contributed by atoms with Crippen LogP contribution in [0, 0.1) is 5.41 Å². The van der Waals surface area contributed by atoms with Gasteiger partial charge in [0.1, 0.15) is 11.6 Å². The molecule has 35 heavy (non-hydrogen) atoms. The number of Topliss-reactive ketones (excluding diaryl/α,β-unsaturated/α-hetero) is 2. The fourth-order valence-corrected chi connectivity index (χ4v) is 4.78. The first kappa shape index (κ1) is 24.3. The molecule has 4 rings (SSSR count). The van der Waals surface area contributed by atoms with E-state index in [1.165, 1.54) is 0 Å². The molecule has 0 heterocycles. The Labute approximate surface area is 208 Å². The van der Waals surface area contributed by atoms with Gasteiger partial charge in [0.05, 0.1) is 5.41 Å². The van der Waals surface area contributed by atoms with E-state index < -0.39 is 5.41 Å². The molecule has 0 fully saturated rings. The summed E-state index contributed by atoms with van der Waals surface area (Å²) in [6, 6.07) is 40.0. The second-order valence-electron chi connectivity index (χ2n) is 9.22. The molecule has 0 atom stereocenters. The molecular weight excluding hydrogens is 428 g/mol. The first-order valence-corrected chi connectivity index (χ1v) is 12.4. The van der Waals surface area contributed by atoms with Crippen molar-refractivity contribution in [3.63, 3.8) is 0 Å². The van der Waals surface area contributed by atoms with Gasteiger partial charge in [-0.15, -0.1) is 0 Å². The van der Waals surface area contributed by atoms with Gasteiger partial charge >= 0.3 is 0 Å². The summed E-state index contributed by atoms with van der Waals surface area (Å²) in [6.07, 6.45) is 2.81. The standard InChI is InChI=1S/C33H32O2/c34-31(23-21-27-13-5-1-6-14-27)33(25-29-17-9-3-10-18-29,26-30-19-11-4-12-20-30)32(35)24-22-28-15-7-2-8-16-28/h1-20H,21-26H2. The van der Waals surface area contributed by atoms with Crippen molar-refractivity contribution in [2.24, 2.45) is 5.41 Å². The third-order valence-corrected chi connectivity index (χ3v) is 6.73. The van der Waals surface area contributed by atoms with Crippen molar-refractivity contribution in [2.45, 2.75) is 38.5 Å². The molecule has 0 aliphatic heterocycles. The van der Waals surface area contributed by atoms with Crippen LogP contribution >= 0.6 is 0 Å². The summed E-state index contributed by atoms with van der Waals surface area (Å²) < 4.78 is 0. The Kier molecular flexibility index (Phi) is 8.40. The Morgan fingerprint density at radius 1 is 0.429 bits per heavy atom. The molecule has 0 spiro atoms. The molecule has 0 amide bonds. The Hall–Kier alpha value is -3.78. The number of benzene rings is 4. The average Bonchev–Trinajstić information content (AvgIpc) is 2.92. The lowest BCUT2D eigenvalue weighted by Gasteiger charge is -2.32. The Morgan fingerprint density at radius 3 is 1.03 bits per heavy atom. The van der Waals surface area contributed by atoms with Gasteiger partial charge < -0.3 is 0 Å². The van der Waals surface area contributed by atoms with E-state index in [0.717, 1.165) is 22.3 Å². The number of aryl methyl sites for hydroxylation is 2. The van der Waals surface area contributed by atoms with Crippen molar-refractivity contribution in [1.82, 2.24) is 0 Å². The van der Waals surface area contributed by atoms with Gasteiger partial charge in [-0.1, -0.05) is 121 Å². The number of ketones is 2. The van der Waals surface area contributed by atoms with Gasteiger partial charge in [0.2, 0.25) is 0 Å². The molecular formula is C33H32O2. The lowest BCUT2D eigenvalue weighted by Crippen LogP contribution is -2.44. The van der Waals surface area contributed by atoms with Crippen LogP contribution in [0.5, 0.6) is 0 Å². The lowest BCUT2D eigenvalue weighted by atomic mass is 9.68. The number of carbonyl (C=O) groups excluding carboxylic acids is 2. The smallest absolute Gasteiger partial charge is 0.147 e. The quantitative estimate of drug-likeness (QED) is 0.216. The highest BCUT2D eigenvalue weighted by molar-refractivity contribution is 6.07. The summed E-state index contributed by atoms with van der Waals surface area (Å²) in [5.41, 5.74) is 3.18. The van der Waals surface area contributed by atoms with E-state index >= 15 is 0 Å². The molecule has 0 aromatic heterocycles. The van der Waals surface area contributed by atoms with E-state index in [1.807, 2.05) is 121 Å². The molecule has 0 unspecified atom stereocenters. The van der Waals surface area contributed by atoms with Crippen molar-refractivity contribution in [3.8, 4) is 0 Å². The fraction of sp³-hybridized carbons (Fsp3) is 0.212. The summed E-state index contributed by atoms with van der Waals surface area (Å²) in [5, 5.41) is 0. The summed E-state index contributed by atoms with van der Waals surface area (Å²) in [7, 11) is 0. The van der Waals surface area contributed by atoms with Gasteiger partial charge in [0.15, 0.2) is 0 Å². The SMILES string of the molecule is O=C(CCc1ccccc1)C(Cc1ccccc1)(Cc1ccccc1)C(=O)CCc1ccccc1. The molecule has 0 saturated carbocycles. The van der Waals surface area contributed by atoms with Crippen molar-refractivity contribution in [2.75, 3.05) is 0 Å². The van der Waals surface area contributed by atoms with Gasteiger partial charge in [-0.2, -0.15) is 0 Å². The minimum absolute atomic E-state index is 0.0344. The van der Waals surface area contributed by atoms with Crippen LogP contribution in [0.15, 0.2) is 121 Å². The first-order chi connectivity index (χ1) is 17.2. The van der Waals surface area contributed by atoms with E-state index in [0.29, 0.717) is 38.5 Å². The summed E-state index contributed by atoms with van der Waals surface area (Å²) in [5.74, 6) is 0.0687. The predicted molar refractivity (Wildman–Crippen MR) is 142 cm³/mol. The van der Waals surface area contributed by atoms with Crippen molar-refractivity contribution in [3.05, 3.63) is 144 Å². The molecule has 4 aromatic carbocycles. The van der Waals surface area contributed by atoms with E-state index in [-0.39, 0.29) is 11.6 Å². The monoisotopic (exact) mass is 460 g/mol. The summed E-state index contributed by atoms with van der Waals surface area (Å²) >= 11 is 0. The Balaban J connectivity index is 1.67. The minimum atomic E-state index is -1.09. The molecule has 0 bridgehead atoms. The van der Waals surface area contributed by atoms with Gasteiger partial charge in [0.25, 0.3) is 0 Å². The topological polar surface area (TPSA) is 34.1 Å². The van der Waals surface area contributed by atoms with E-state index in [4.69, 9.17) is 0 Å². The fourth-order valence-electron chi connectivity index (χ4n) is 4.78. The summed E-state index contributed by atoms with van der Waals surface area (Å²) in [6.45, 7) is 0. The van der Waals surface area contributed by atoms with Crippen LogP contribution in [-0.4, -0.2) is 11.6 Å². The third-order valence-electron chi connectivity index (χ3n) is 6.73. The zero-order chi connectivity index (χ0) is 24.3. The molecule has 0 N–H and O–H groups in total. The van der Waals surface area contributed by atoms with Crippen LogP contribution in [0.4, 0.5) is 0 Å². The largest absolute Gasteiger partial charge is 0.299 e. The van der Waals surface area contributed by atoms with E-state index in [2.05, 4.69) is 0 Å². The van der Waals surface area contributed by atoms with Crippen LogP contribution in [0.3, 0.4) is 0 Å². The first-order valence-electron chi connectivity index (χ1n) is 12.4. The predicted octanol–water partition coefficient (Wildman–Crippen LogP) is 6.86. The highest BCUT2D eigenvalue weighted by Gasteiger charge is 2.44. The van der Waals surface area contributed by atoms with Gasteiger partial charge in [-0.25, -0.2) is 0 Å². The number of carbonyl (C=O) groups is 2. The molecule has 0 aliphatic rings. The van der Waals surface area contributed by atoms with Crippen molar-refractivity contribution < 1.29 is 9.59 Å². The average molecular weight is 461 g/mol. The van der Waals surface area contributed by atoms with Crippen LogP contribution in [0.1, 0.15) is 35.1 Å². The van der Waals surface area contributed by atoms with Crippen LogP contribution in [0.2, 0.25) is 0 Å².